The molecular weight excluding hydrogens is 306 g/mol. The maximum Gasteiger partial charge on any atom is 0.305 e. The number of amides is 1. The molecule has 122 valence electrons. The van der Waals surface area contributed by atoms with Crippen LogP contribution in [0.5, 0.6) is 0 Å². The van der Waals surface area contributed by atoms with E-state index in [1.807, 2.05) is 13.8 Å². The predicted octanol–water partition coefficient (Wildman–Crippen LogP) is 3.18. The summed E-state index contributed by atoms with van der Waals surface area (Å²) in [4.78, 5) is 22.9. The van der Waals surface area contributed by atoms with E-state index in [0.717, 1.165) is 5.56 Å². The van der Waals surface area contributed by atoms with Crippen molar-refractivity contribution in [3.05, 3.63) is 34.9 Å². The number of benzene rings is 1. The fourth-order valence-corrected chi connectivity index (χ4v) is 2.07. The molecular formula is C16H22ClNO4. The first kappa shape index (κ1) is 18.5. The Morgan fingerprint density at radius 3 is 2.45 bits per heavy atom. The molecule has 1 aromatic carbocycles. The van der Waals surface area contributed by atoms with E-state index in [0.29, 0.717) is 24.5 Å². The zero-order valence-corrected chi connectivity index (χ0v) is 13.6. The molecule has 0 fully saturated rings. The van der Waals surface area contributed by atoms with Crippen molar-refractivity contribution in [2.75, 3.05) is 6.61 Å². The second kappa shape index (κ2) is 9.43. The van der Waals surface area contributed by atoms with Gasteiger partial charge in [0.15, 0.2) is 0 Å². The third-order valence-electron chi connectivity index (χ3n) is 2.99. The quantitative estimate of drug-likeness (QED) is 0.683. The van der Waals surface area contributed by atoms with Crippen LogP contribution in [0.1, 0.15) is 44.7 Å². The number of rotatable bonds is 9. The molecule has 5 nitrogen and oxygen atoms in total. The molecule has 0 aliphatic heterocycles. The van der Waals surface area contributed by atoms with Crippen molar-refractivity contribution in [2.45, 2.75) is 45.3 Å². The van der Waals surface area contributed by atoms with Crippen molar-refractivity contribution in [2.24, 2.45) is 0 Å². The van der Waals surface area contributed by atoms with Crippen LogP contribution in [-0.4, -0.2) is 29.7 Å². The number of hydrogen-bond acceptors (Lipinski definition) is 3. The highest BCUT2D eigenvalue weighted by Gasteiger charge is 2.17. The number of nitrogens with one attached hydrogen (secondary N) is 1. The first-order valence-electron chi connectivity index (χ1n) is 7.26. The molecule has 0 unspecified atom stereocenters. The molecule has 0 aliphatic carbocycles. The third-order valence-corrected chi connectivity index (χ3v) is 3.24. The molecule has 1 amide bonds. The van der Waals surface area contributed by atoms with Gasteiger partial charge in [-0.3, -0.25) is 9.59 Å². The highest BCUT2D eigenvalue weighted by atomic mass is 35.5. The standard InChI is InChI=1S/C16H22ClNO4/c1-11(2)22-9-3-4-15(19)18-14(10-16(20)21)12-5-7-13(17)8-6-12/h5-8,11,14H,3-4,9-10H2,1-2H3,(H,18,19)(H,20,21)/t14-/m0/s1. The van der Waals surface area contributed by atoms with Crippen molar-refractivity contribution >= 4 is 23.5 Å². The highest BCUT2D eigenvalue weighted by molar-refractivity contribution is 6.30. The summed E-state index contributed by atoms with van der Waals surface area (Å²) < 4.78 is 5.37. The number of aliphatic carboxylic acids is 1. The summed E-state index contributed by atoms with van der Waals surface area (Å²) in [5.41, 5.74) is 0.721. The SMILES string of the molecule is CC(C)OCCCC(=O)N[C@@H](CC(=O)O)c1ccc(Cl)cc1. The van der Waals surface area contributed by atoms with E-state index in [9.17, 15) is 9.59 Å². The number of carboxylic acids is 1. The molecule has 1 atom stereocenters. The first-order valence-corrected chi connectivity index (χ1v) is 7.64. The topological polar surface area (TPSA) is 75.6 Å². The van der Waals surface area contributed by atoms with E-state index >= 15 is 0 Å². The molecule has 6 heteroatoms. The van der Waals surface area contributed by atoms with Gasteiger partial charge in [0.1, 0.15) is 0 Å². The lowest BCUT2D eigenvalue weighted by molar-refractivity contribution is -0.137. The molecule has 0 heterocycles. The fraction of sp³-hybridized carbons (Fsp3) is 0.500. The summed E-state index contributed by atoms with van der Waals surface area (Å²) in [5, 5.41) is 12.3. The van der Waals surface area contributed by atoms with E-state index in [-0.39, 0.29) is 18.4 Å². The van der Waals surface area contributed by atoms with Crippen molar-refractivity contribution in [3.8, 4) is 0 Å². The summed E-state index contributed by atoms with van der Waals surface area (Å²) >= 11 is 5.82. The maximum atomic E-state index is 11.9. The van der Waals surface area contributed by atoms with E-state index in [1.54, 1.807) is 24.3 Å². The van der Waals surface area contributed by atoms with Crippen molar-refractivity contribution in [1.82, 2.24) is 5.32 Å². The smallest absolute Gasteiger partial charge is 0.305 e. The van der Waals surface area contributed by atoms with Crippen LogP contribution in [0.2, 0.25) is 5.02 Å². The number of carbonyl (C=O) groups is 2. The lowest BCUT2D eigenvalue weighted by atomic mass is 10.0. The van der Waals surface area contributed by atoms with Gasteiger partial charge in [0.25, 0.3) is 0 Å². The average molecular weight is 328 g/mol. The lowest BCUT2D eigenvalue weighted by Crippen LogP contribution is -2.30. The van der Waals surface area contributed by atoms with Crippen LogP contribution in [0.25, 0.3) is 0 Å². The van der Waals surface area contributed by atoms with Gasteiger partial charge >= 0.3 is 5.97 Å². The molecule has 0 radical (unpaired) electrons. The minimum absolute atomic E-state index is 0.136. The highest BCUT2D eigenvalue weighted by Crippen LogP contribution is 2.19. The van der Waals surface area contributed by atoms with Crippen LogP contribution in [0.4, 0.5) is 0 Å². The van der Waals surface area contributed by atoms with Crippen LogP contribution in [0.15, 0.2) is 24.3 Å². The van der Waals surface area contributed by atoms with Crippen molar-refractivity contribution in [1.29, 1.82) is 0 Å². The van der Waals surface area contributed by atoms with Gasteiger partial charge in [-0.05, 0) is 38.0 Å². The Kier molecular flexibility index (Phi) is 7.91. The molecule has 22 heavy (non-hydrogen) atoms. The summed E-state index contributed by atoms with van der Waals surface area (Å²) in [6, 6.07) is 6.23. The van der Waals surface area contributed by atoms with E-state index in [2.05, 4.69) is 5.32 Å². The van der Waals surface area contributed by atoms with Crippen molar-refractivity contribution < 1.29 is 19.4 Å². The summed E-state index contributed by atoms with van der Waals surface area (Å²) in [6.07, 6.45) is 0.869. The monoisotopic (exact) mass is 327 g/mol. The second-order valence-electron chi connectivity index (χ2n) is 5.29. The van der Waals surface area contributed by atoms with Gasteiger partial charge in [0.05, 0.1) is 18.6 Å². The molecule has 0 saturated carbocycles. The van der Waals surface area contributed by atoms with Gasteiger partial charge in [0.2, 0.25) is 5.91 Å². The van der Waals surface area contributed by atoms with Gasteiger partial charge in [-0.1, -0.05) is 23.7 Å². The number of hydrogen-bond donors (Lipinski definition) is 2. The number of carbonyl (C=O) groups excluding carboxylic acids is 1. The molecule has 2 N–H and O–H groups in total. The Balaban J connectivity index is 2.55. The van der Waals surface area contributed by atoms with Gasteiger partial charge in [-0.2, -0.15) is 0 Å². The number of carboxylic acid groups (broad SMARTS) is 1. The van der Waals surface area contributed by atoms with Crippen LogP contribution >= 0.6 is 11.6 Å². The summed E-state index contributed by atoms with van der Waals surface area (Å²) in [7, 11) is 0. The Bertz CT molecular complexity index is 487. The van der Waals surface area contributed by atoms with E-state index in [4.69, 9.17) is 21.4 Å². The van der Waals surface area contributed by atoms with Crippen LogP contribution < -0.4 is 5.32 Å². The first-order chi connectivity index (χ1) is 10.4. The van der Waals surface area contributed by atoms with Crippen molar-refractivity contribution in [3.63, 3.8) is 0 Å². The summed E-state index contributed by atoms with van der Waals surface area (Å²) in [6.45, 7) is 4.38. The Hall–Kier alpha value is -1.59. The van der Waals surface area contributed by atoms with Gasteiger partial charge in [0, 0.05) is 18.1 Å². The maximum absolute atomic E-state index is 11.9. The van der Waals surface area contributed by atoms with Gasteiger partial charge < -0.3 is 15.2 Å². The average Bonchev–Trinajstić information content (AvgIpc) is 2.43. The molecule has 1 rings (SSSR count). The minimum atomic E-state index is -0.969. The third kappa shape index (κ3) is 7.43. The normalized spacial score (nSPS) is 12.2. The number of ether oxygens (including phenoxy) is 1. The second-order valence-corrected chi connectivity index (χ2v) is 5.73. The number of halogens is 1. The molecule has 0 aliphatic rings. The van der Waals surface area contributed by atoms with E-state index in [1.165, 1.54) is 0 Å². The lowest BCUT2D eigenvalue weighted by Gasteiger charge is -2.17. The zero-order chi connectivity index (χ0) is 16.5. The van der Waals surface area contributed by atoms with Crippen LogP contribution in [0, 0.1) is 0 Å². The molecule has 0 aromatic heterocycles. The zero-order valence-electron chi connectivity index (χ0n) is 12.8. The molecule has 0 spiro atoms. The Morgan fingerprint density at radius 1 is 1.27 bits per heavy atom. The van der Waals surface area contributed by atoms with Crippen LogP contribution in [0.3, 0.4) is 0 Å². The van der Waals surface area contributed by atoms with E-state index < -0.39 is 12.0 Å². The predicted molar refractivity (Wildman–Crippen MR) is 84.9 cm³/mol. The largest absolute Gasteiger partial charge is 0.481 e. The molecule has 0 bridgehead atoms. The van der Waals surface area contributed by atoms with Gasteiger partial charge in [-0.25, -0.2) is 0 Å². The minimum Gasteiger partial charge on any atom is -0.481 e. The molecule has 1 aromatic rings. The fourth-order valence-electron chi connectivity index (χ4n) is 1.94. The Morgan fingerprint density at radius 2 is 1.91 bits per heavy atom. The summed E-state index contributed by atoms with van der Waals surface area (Å²) in [5.74, 6) is -1.16. The van der Waals surface area contributed by atoms with Gasteiger partial charge in [-0.15, -0.1) is 0 Å². The molecule has 0 saturated heterocycles. The van der Waals surface area contributed by atoms with Crippen LogP contribution in [-0.2, 0) is 14.3 Å². The Labute approximate surface area is 135 Å².